The minimum atomic E-state index is 0.0227. The van der Waals surface area contributed by atoms with Gasteiger partial charge < -0.3 is 10.6 Å². The summed E-state index contributed by atoms with van der Waals surface area (Å²) in [5.41, 5.74) is 8.20. The third-order valence-corrected chi connectivity index (χ3v) is 4.54. The number of aryl methyl sites for hydroxylation is 1. The Balaban J connectivity index is 2.10. The molecule has 2 heterocycles. The van der Waals surface area contributed by atoms with Gasteiger partial charge in [-0.1, -0.05) is 20.8 Å². The van der Waals surface area contributed by atoms with E-state index >= 15 is 0 Å². The molecule has 1 aromatic heterocycles. The molecule has 1 aliphatic heterocycles. The van der Waals surface area contributed by atoms with Crippen LogP contribution in [0.2, 0.25) is 0 Å². The van der Waals surface area contributed by atoms with Gasteiger partial charge in [0.2, 0.25) is 0 Å². The smallest absolute Gasteiger partial charge is 0.257 e. The Morgan fingerprint density at radius 2 is 2.05 bits per heavy atom. The number of anilines is 1. The summed E-state index contributed by atoms with van der Waals surface area (Å²) < 4.78 is 0. The van der Waals surface area contributed by atoms with E-state index in [1.54, 1.807) is 12.3 Å². The number of nitrogens with zero attached hydrogens (tertiary/aromatic N) is 2. The maximum absolute atomic E-state index is 12.6. The van der Waals surface area contributed by atoms with Crippen LogP contribution in [0.25, 0.3) is 0 Å². The second kappa shape index (κ2) is 6.04. The van der Waals surface area contributed by atoms with Crippen molar-refractivity contribution >= 4 is 11.6 Å². The fourth-order valence-corrected chi connectivity index (χ4v) is 3.10. The van der Waals surface area contributed by atoms with Crippen LogP contribution in [0, 0.1) is 18.3 Å². The maximum Gasteiger partial charge on any atom is 0.257 e. The standard InChI is InChI=1S/C17H27N3O/c1-12-10-15(18)14(11-19-12)16(21)20-8-5-6-13(7-9-20)17(2,3)4/h10-11,13H,5-9H2,1-4H3,(H2,18,19). The quantitative estimate of drug-likeness (QED) is 0.863. The summed E-state index contributed by atoms with van der Waals surface area (Å²) in [5.74, 6) is 0.693. The molecule has 21 heavy (non-hydrogen) atoms. The minimum absolute atomic E-state index is 0.0227. The molecule has 0 radical (unpaired) electrons. The van der Waals surface area contributed by atoms with Gasteiger partial charge in [-0.15, -0.1) is 0 Å². The Labute approximate surface area is 127 Å². The summed E-state index contributed by atoms with van der Waals surface area (Å²) in [6, 6.07) is 1.77. The van der Waals surface area contributed by atoms with Crippen LogP contribution < -0.4 is 5.73 Å². The molecule has 1 aromatic rings. The van der Waals surface area contributed by atoms with Crippen LogP contribution in [0.1, 0.15) is 56.1 Å². The van der Waals surface area contributed by atoms with Crippen molar-refractivity contribution in [2.75, 3.05) is 18.8 Å². The molecule has 0 aromatic carbocycles. The first kappa shape index (κ1) is 15.8. The molecule has 1 amide bonds. The van der Waals surface area contributed by atoms with Crippen molar-refractivity contribution in [3.63, 3.8) is 0 Å². The number of hydrogen-bond acceptors (Lipinski definition) is 3. The van der Waals surface area contributed by atoms with E-state index in [-0.39, 0.29) is 5.91 Å². The molecule has 1 unspecified atom stereocenters. The van der Waals surface area contributed by atoms with Gasteiger partial charge in [-0.25, -0.2) is 0 Å². The van der Waals surface area contributed by atoms with E-state index in [0.717, 1.165) is 31.6 Å². The number of pyridine rings is 1. The molecule has 0 bridgehead atoms. The summed E-state index contributed by atoms with van der Waals surface area (Å²) in [5, 5.41) is 0. The van der Waals surface area contributed by atoms with Crippen molar-refractivity contribution in [3.8, 4) is 0 Å². The highest BCUT2D eigenvalue weighted by Crippen LogP contribution is 2.34. The van der Waals surface area contributed by atoms with E-state index in [9.17, 15) is 4.79 Å². The first-order valence-electron chi connectivity index (χ1n) is 7.80. The van der Waals surface area contributed by atoms with Gasteiger partial charge in [0.15, 0.2) is 0 Å². The maximum atomic E-state index is 12.6. The molecule has 0 spiro atoms. The van der Waals surface area contributed by atoms with E-state index in [4.69, 9.17) is 5.73 Å². The van der Waals surface area contributed by atoms with Crippen LogP contribution in [-0.4, -0.2) is 28.9 Å². The lowest BCUT2D eigenvalue weighted by Gasteiger charge is -2.29. The second-order valence-corrected chi connectivity index (χ2v) is 7.20. The van der Waals surface area contributed by atoms with Gasteiger partial charge in [-0.2, -0.15) is 0 Å². The zero-order chi connectivity index (χ0) is 15.6. The van der Waals surface area contributed by atoms with Crippen LogP contribution in [-0.2, 0) is 0 Å². The largest absolute Gasteiger partial charge is 0.398 e. The zero-order valence-corrected chi connectivity index (χ0v) is 13.6. The van der Waals surface area contributed by atoms with Crippen molar-refractivity contribution in [1.29, 1.82) is 0 Å². The SMILES string of the molecule is Cc1cc(N)c(C(=O)N2CCCC(C(C)(C)C)CC2)cn1. The van der Waals surface area contributed by atoms with Gasteiger partial charge in [-0.3, -0.25) is 9.78 Å². The third kappa shape index (κ3) is 3.74. The zero-order valence-electron chi connectivity index (χ0n) is 13.6. The highest BCUT2D eigenvalue weighted by molar-refractivity contribution is 5.98. The summed E-state index contributed by atoms with van der Waals surface area (Å²) in [6.07, 6.45) is 4.93. The van der Waals surface area contributed by atoms with E-state index < -0.39 is 0 Å². The van der Waals surface area contributed by atoms with Crippen molar-refractivity contribution in [2.45, 2.75) is 47.0 Å². The lowest BCUT2D eigenvalue weighted by Crippen LogP contribution is -2.33. The molecule has 1 fully saturated rings. The molecule has 2 rings (SSSR count). The molecule has 4 heteroatoms. The predicted octanol–water partition coefficient (Wildman–Crippen LogP) is 3.26. The average Bonchev–Trinajstić information content (AvgIpc) is 2.63. The highest BCUT2D eigenvalue weighted by atomic mass is 16.2. The lowest BCUT2D eigenvalue weighted by molar-refractivity contribution is 0.0756. The molecule has 1 saturated heterocycles. The van der Waals surface area contributed by atoms with Gasteiger partial charge in [0.25, 0.3) is 5.91 Å². The molecule has 116 valence electrons. The first-order chi connectivity index (χ1) is 9.79. The van der Waals surface area contributed by atoms with Crippen molar-refractivity contribution in [2.24, 2.45) is 11.3 Å². The number of rotatable bonds is 1. The van der Waals surface area contributed by atoms with E-state index in [0.29, 0.717) is 22.6 Å². The van der Waals surface area contributed by atoms with Gasteiger partial charge in [-0.05, 0) is 43.6 Å². The van der Waals surface area contributed by atoms with Crippen LogP contribution in [0.3, 0.4) is 0 Å². The number of likely N-dealkylation sites (tertiary alicyclic amines) is 1. The predicted molar refractivity (Wildman–Crippen MR) is 86.1 cm³/mol. The highest BCUT2D eigenvalue weighted by Gasteiger charge is 2.29. The molecular weight excluding hydrogens is 262 g/mol. The van der Waals surface area contributed by atoms with Gasteiger partial charge in [0.1, 0.15) is 0 Å². The molecule has 1 atom stereocenters. The van der Waals surface area contributed by atoms with Gasteiger partial charge in [0, 0.05) is 30.7 Å². The number of carbonyl (C=O) groups is 1. The number of aromatic nitrogens is 1. The molecule has 0 aliphatic carbocycles. The van der Waals surface area contributed by atoms with Gasteiger partial charge in [0.05, 0.1) is 5.56 Å². The molecule has 1 aliphatic rings. The fourth-order valence-electron chi connectivity index (χ4n) is 3.10. The summed E-state index contributed by atoms with van der Waals surface area (Å²) in [4.78, 5) is 18.8. The Morgan fingerprint density at radius 3 is 2.67 bits per heavy atom. The lowest BCUT2D eigenvalue weighted by atomic mass is 9.77. The Hall–Kier alpha value is -1.58. The van der Waals surface area contributed by atoms with Crippen LogP contribution in [0.5, 0.6) is 0 Å². The van der Waals surface area contributed by atoms with Crippen molar-refractivity contribution in [1.82, 2.24) is 9.88 Å². The molecule has 2 N–H and O–H groups in total. The number of nitrogen functional groups attached to an aromatic ring is 1. The van der Waals surface area contributed by atoms with Gasteiger partial charge >= 0.3 is 0 Å². The second-order valence-electron chi connectivity index (χ2n) is 7.20. The Kier molecular flexibility index (Phi) is 4.55. The number of amides is 1. The summed E-state index contributed by atoms with van der Waals surface area (Å²) in [7, 11) is 0. The molecule has 4 nitrogen and oxygen atoms in total. The topological polar surface area (TPSA) is 59.2 Å². The number of carbonyl (C=O) groups excluding carboxylic acids is 1. The normalized spacial score (nSPS) is 20.2. The van der Waals surface area contributed by atoms with Crippen LogP contribution in [0.15, 0.2) is 12.3 Å². The van der Waals surface area contributed by atoms with E-state index in [1.165, 1.54) is 6.42 Å². The average molecular weight is 289 g/mol. The minimum Gasteiger partial charge on any atom is -0.398 e. The summed E-state index contributed by atoms with van der Waals surface area (Å²) in [6.45, 7) is 10.4. The fraction of sp³-hybridized carbons (Fsp3) is 0.647. The summed E-state index contributed by atoms with van der Waals surface area (Å²) >= 11 is 0. The van der Waals surface area contributed by atoms with Crippen molar-refractivity contribution in [3.05, 3.63) is 23.5 Å². The Bertz CT molecular complexity index is 519. The molecular formula is C17H27N3O. The number of hydrogen-bond donors (Lipinski definition) is 1. The van der Waals surface area contributed by atoms with E-state index in [2.05, 4.69) is 25.8 Å². The monoisotopic (exact) mass is 289 g/mol. The van der Waals surface area contributed by atoms with Crippen LogP contribution >= 0.6 is 0 Å². The van der Waals surface area contributed by atoms with Crippen molar-refractivity contribution < 1.29 is 4.79 Å². The van der Waals surface area contributed by atoms with Crippen LogP contribution in [0.4, 0.5) is 5.69 Å². The molecule has 0 saturated carbocycles. The van der Waals surface area contributed by atoms with E-state index in [1.807, 2.05) is 11.8 Å². The number of nitrogens with two attached hydrogens (primary N) is 1. The first-order valence-corrected chi connectivity index (χ1v) is 7.80. The third-order valence-electron chi connectivity index (χ3n) is 4.54. The Morgan fingerprint density at radius 1 is 1.33 bits per heavy atom.